The lowest BCUT2D eigenvalue weighted by Crippen LogP contribution is -2.60. The number of fused-ring (bicyclic) bond motifs is 2. The molecule has 0 aromatic rings. The fourth-order valence-electron chi connectivity index (χ4n) is 7.14. The topological polar surface area (TPSA) is 96.4 Å². The molecule has 1 aliphatic carbocycles. The summed E-state index contributed by atoms with van der Waals surface area (Å²) in [6, 6.07) is -1.38. The van der Waals surface area contributed by atoms with Crippen molar-refractivity contribution in [2.24, 2.45) is 17.8 Å². The number of aliphatic hydroxyl groups is 1. The summed E-state index contributed by atoms with van der Waals surface area (Å²) >= 11 is 0. The monoisotopic (exact) mass is 486 g/mol. The Bertz CT molecular complexity index is 940. The normalized spacial score (nSPS) is 38.5. The molecule has 35 heavy (non-hydrogen) atoms. The summed E-state index contributed by atoms with van der Waals surface area (Å²) in [6.45, 7) is 6.11. The maximum Gasteiger partial charge on any atom is 0.313 e. The largest absolute Gasteiger partial charge is 0.465 e. The van der Waals surface area contributed by atoms with E-state index in [1.165, 1.54) is 6.42 Å². The number of nitrogens with zero attached hydrogens (tertiary/aromatic N) is 2. The molecule has 1 N–H and O–H groups in total. The molecule has 1 unspecified atom stereocenters. The molecule has 0 aromatic heterocycles. The van der Waals surface area contributed by atoms with E-state index in [2.05, 4.69) is 0 Å². The lowest BCUT2D eigenvalue weighted by atomic mass is 9.74. The van der Waals surface area contributed by atoms with Crippen molar-refractivity contribution < 1.29 is 29.0 Å². The van der Waals surface area contributed by atoms with Crippen molar-refractivity contribution in [2.45, 2.75) is 88.6 Å². The van der Waals surface area contributed by atoms with E-state index in [9.17, 15) is 19.5 Å². The first-order valence-electron chi connectivity index (χ1n) is 13.2. The zero-order valence-corrected chi connectivity index (χ0v) is 21.0. The highest BCUT2D eigenvalue weighted by atomic mass is 16.6. The van der Waals surface area contributed by atoms with Crippen molar-refractivity contribution in [1.29, 1.82) is 0 Å². The maximum atomic E-state index is 14.4. The third-order valence-corrected chi connectivity index (χ3v) is 8.82. The molecule has 0 bridgehead atoms. The van der Waals surface area contributed by atoms with Crippen LogP contribution in [0.15, 0.2) is 24.3 Å². The Morgan fingerprint density at radius 3 is 2.49 bits per heavy atom. The Morgan fingerprint density at radius 1 is 1.06 bits per heavy atom. The molecular weight excluding hydrogens is 448 g/mol. The van der Waals surface area contributed by atoms with Crippen LogP contribution in [0.3, 0.4) is 0 Å². The second-order valence-electron chi connectivity index (χ2n) is 11.3. The van der Waals surface area contributed by atoms with Crippen molar-refractivity contribution in [1.82, 2.24) is 9.80 Å². The Balaban J connectivity index is 1.65. The Morgan fingerprint density at radius 2 is 1.80 bits per heavy atom. The highest BCUT2D eigenvalue weighted by Gasteiger charge is 2.75. The first-order valence-corrected chi connectivity index (χ1v) is 13.2. The van der Waals surface area contributed by atoms with Gasteiger partial charge in [0.1, 0.15) is 17.6 Å². The highest BCUT2D eigenvalue weighted by molar-refractivity contribution is 5.99. The van der Waals surface area contributed by atoms with Crippen molar-refractivity contribution in [2.75, 3.05) is 19.8 Å². The molecule has 4 heterocycles. The molecule has 5 rings (SSSR count). The summed E-state index contributed by atoms with van der Waals surface area (Å²) < 4.78 is 12.3. The maximum absolute atomic E-state index is 14.4. The van der Waals surface area contributed by atoms with Gasteiger partial charge in [-0.2, -0.15) is 0 Å². The first kappa shape index (κ1) is 24.5. The Hall–Kier alpha value is -2.19. The molecule has 0 aromatic carbocycles. The van der Waals surface area contributed by atoms with E-state index >= 15 is 0 Å². The number of aliphatic hydroxyl groups excluding tert-OH is 1. The van der Waals surface area contributed by atoms with E-state index in [4.69, 9.17) is 9.47 Å². The van der Waals surface area contributed by atoms with Crippen LogP contribution in [0.5, 0.6) is 0 Å². The lowest BCUT2D eigenvalue weighted by Gasteiger charge is -2.43. The van der Waals surface area contributed by atoms with Crippen LogP contribution in [0.4, 0.5) is 0 Å². The van der Waals surface area contributed by atoms with Crippen LogP contribution in [0.1, 0.15) is 59.3 Å². The molecule has 3 fully saturated rings. The summed E-state index contributed by atoms with van der Waals surface area (Å²) in [5, 5.41) is 10.3. The first-order chi connectivity index (χ1) is 16.7. The standard InChI is InChI=1S/C27H38N2O6/c1-17(2)19(16-30)29-22-24(32)28(18-10-5-4-6-11-18)14-9-13-27(22)20(23(29)31)21-25(33)34-15-8-7-12-26(21,3)35-27/h7,9,12-13,17-22,30H,4-6,8,10-11,14-16H2,1-3H3/t19-,20-,21+,22?,26-,27-/m0/s1. The fourth-order valence-corrected chi connectivity index (χ4v) is 7.14. The van der Waals surface area contributed by atoms with Gasteiger partial charge in [0.25, 0.3) is 0 Å². The molecule has 6 atom stereocenters. The van der Waals surface area contributed by atoms with Gasteiger partial charge in [-0.3, -0.25) is 14.4 Å². The van der Waals surface area contributed by atoms with Gasteiger partial charge in [-0.25, -0.2) is 0 Å². The third-order valence-electron chi connectivity index (χ3n) is 8.82. The average Bonchev–Trinajstić information content (AvgIpc) is 3.14. The van der Waals surface area contributed by atoms with Crippen molar-refractivity contribution in [3.8, 4) is 0 Å². The smallest absolute Gasteiger partial charge is 0.313 e. The van der Waals surface area contributed by atoms with E-state index in [0.717, 1.165) is 25.7 Å². The summed E-state index contributed by atoms with van der Waals surface area (Å²) in [4.78, 5) is 45.4. The van der Waals surface area contributed by atoms with Crippen LogP contribution in [-0.2, 0) is 23.9 Å². The zero-order chi connectivity index (χ0) is 25.0. The number of amides is 2. The predicted octanol–water partition coefficient (Wildman–Crippen LogP) is 2.21. The molecule has 8 nitrogen and oxygen atoms in total. The molecule has 4 aliphatic heterocycles. The predicted molar refractivity (Wildman–Crippen MR) is 128 cm³/mol. The molecule has 192 valence electrons. The van der Waals surface area contributed by atoms with E-state index in [1.807, 2.05) is 50.0 Å². The number of esters is 1. The molecule has 2 amide bonds. The van der Waals surface area contributed by atoms with Gasteiger partial charge in [-0.15, -0.1) is 0 Å². The van der Waals surface area contributed by atoms with Gasteiger partial charge in [-0.1, -0.05) is 57.4 Å². The van der Waals surface area contributed by atoms with Crippen molar-refractivity contribution >= 4 is 17.8 Å². The minimum Gasteiger partial charge on any atom is -0.465 e. The Labute approximate surface area is 207 Å². The molecule has 2 saturated heterocycles. The number of likely N-dealkylation sites (tertiary alicyclic amines) is 1. The molecule has 8 heteroatoms. The highest BCUT2D eigenvalue weighted by Crippen LogP contribution is 2.58. The third kappa shape index (κ3) is 3.67. The van der Waals surface area contributed by atoms with Gasteiger partial charge < -0.3 is 24.4 Å². The van der Waals surface area contributed by atoms with E-state index in [0.29, 0.717) is 13.0 Å². The number of hydrogen-bond acceptors (Lipinski definition) is 6. The van der Waals surface area contributed by atoms with Crippen LogP contribution >= 0.6 is 0 Å². The fraction of sp³-hybridized carbons (Fsp3) is 0.741. The van der Waals surface area contributed by atoms with E-state index in [-0.39, 0.29) is 37.0 Å². The summed E-state index contributed by atoms with van der Waals surface area (Å²) in [5.74, 6) is -2.78. The second-order valence-corrected chi connectivity index (χ2v) is 11.3. The van der Waals surface area contributed by atoms with E-state index in [1.54, 1.807) is 4.90 Å². The summed E-state index contributed by atoms with van der Waals surface area (Å²) in [7, 11) is 0. The van der Waals surface area contributed by atoms with E-state index < -0.39 is 41.1 Å². The number of carbonyl (C=O) groups is 3. The number of rotatable bonds is 4. The van der Waals surface area contributed by atoms with Gasteiger partial charge in [-0.05, 0) is 32.1 Å². The number of cyclic esters (lactones) is 1. The van der Waals surface area contributed by atoms with Crippen LogP contribution in [-0.4, -0.2) is 81.8 Å². The molecule has 0 radical (unpaired) electrons. The Kier molecular flexibility index (Phi) is 6.33. The van der Waals surface area contributed by atoms with Gasteiger partial charge in [0, 0.05) is 12.6 Å². The van der Waals surface area contributed by atoms with Gasteiger partial charge in [0.2, 0.25) is 11.8 Å². The van der Waals surface area contributed by atoms with Gasteiger partial charge in [0.15, 0.2) is 0 Å². The second kappa shape index (κ2) is 9.04. The number of ether oxygens (including phenoxy) is 2. The minimum atomic E-state index is -1.30. The molecular formula is C27H38N2O6. The van der Waals surface area contributed by atoms with Crippen molar-refractivity contribution in [3.63, 3.8) is 0 Å². The van der Waals surface area contributed by atoms with Crippen LogP contribution < -0.4 is 0 Å². The SMILES string of the molecule is CC(C)[C@H](CO)N1C(=O)[C@@H]2[C@@H]3C(=O)OCCC=C[C@]3(C)O[C@@]23C=CCN(C2CCCCC2)C(=O)C13. The van der Waals surface area contributed by atoms with Crippen LogP contribution in [0.25, 0.3) is 0 Å². The molecule has 1 spiro atoms. The lowest BCUT2D eigenvalue weighted by molar-refractivity contribution is -0.163. The quantitative estimate of drug-likeness (QED) is 0.484. The van der Waals surface area contributed by atoms with Crippen LogP contribution in [0, 0.1) is 17.8 Å². The van der Waals surface area contributed by atoms with Gasteiger partial charge >= 0.3 is 5.97 Å². The van der Waals surface area contributed by atoms with Gasteiger partial charge in [0.05, 0.1) is 30.8 Å². The summed E-state index contributed by atoms with van der Waals surface area (Å²) in [6.07, 6.45) is 13.4. The average molecular weight is 487 g/mol. The molecule has 1 saturated carbocycles. The number of carbonyl (C=O) groups excluding carboxylic acids is 3. The molecule has 5 aliphatic rings. The van der Waals surface area contributed by atoms with Crippen LogP contribution in [0.2, 0.25) is 0 Å². The van der Waals surface area contributed by atoms with Crippen molar-refractivity contribution in [3.05, 3.63) is 24.3 Å². The minimum absolute atomic E-state index is 0.0847. The number of hydrogen-bond donors (Lipinski definition) is 1. The summed E-state index contributed by atoms with van der Waals surface area (Å²) in [5.41, 5.74) is -2.37. The zero-order valence-electron chi connectivity index (χ0n) is 21.0.